The third kappa shape index (κ3) is 5.61. The maximum absolute atomic E-state index is 2.26. The number of rotatable bonds is 0. The summed E-state index contributed by atoms with van der Waals surface area (Å²) in [4.78, 5) is 0. The summed E-state index contributed by atoms with van der Waals surface area (Å²) >= 11 is 0. The predicted molar refractivity (Wildman–Crippen MR) is 48.1 cm³/mol. The largest absolute Gasteiger partial charge is 0.0840 e. The van der Waals surface area contributed by atoms with Crippen molar-refractivity contribution in [3.05, 3.63) is 23.8 Å². The molecule has 58 valence electrons. The van der Waals surface area contributed by atoms with Crippen LogP contribution in [0.3, 0.4) is 0 Å². The third-order valence-corrected chi connectivity index (χ3v) is 1.18. The first kappa shape index (κ1) is 9.48. The second kappa shape index (κ2) is 6.60. The van der Waals surface area contributed by atoms with Crippen LogP contribution in [0.15, 0.2) is 23.8 Å². The first-order chi connectivity index (χ1) is 4.81. The van der Waals surface area contributed by atoms with Gasteiger partial charge < -0.3 is 0 Å². The Morgan fingerprint density at radius 1 is 1.30 bits per heavy atom. The highest BCUT2D eigenvalue weighted by Gasteiger charge is 1.86. The molecule has 0 heteroatoms. The third-order valence-electron chi connectivity index (χ3n) is 1.18. The van der Waals surface area contributed by atoms with Crippen LogP contribution < -0.4 is 0 Å². The predicted octanol–water partition coefficient (Wildman–Crippen LogP) is 3.70. The fourth-order valence-corrected chi connectivity index (χ4v) is 0.744. The van der Waals surface area contributed by atoms with Crippen molar-refractivity contribution in [2.24, 2.45) is 0 Å². The summed E-state index contributed by atoms with van der Waals surface area (Å²) in [6, 6.07) is 0. The SMILES string of the molecule is CC1=CCCC=C1.CCC. The van der Waals surface area contributed by atoms with Crippen molar-refractivity contribution in [3.63, 3.8) is 0 Å². The fraction of sp³-hybridized carbons (Fsp3) is 0.600. The van der Waals surface area contributed by atoms with Crippen LogP contribution in [0.1, 0.15) is 40.0 Å². The molecule has 1 aliphatic rings. The second-order valence-electron chi connectivity index (χ2n) is 2.63. The van der Waals surface area contributed by atoms with Gasteiger partial charge in [0.2, 0.25) is 0 Å². The van der Waals surface area contributed by atoms with Gasteiger partial charge in [-0.2, -0.15) is 0 Å². The monoisotopic (exact) mass is 138 g/mol. The first-order valence-corrected chi connectivity index (χ1v) is 4.14. The van der Waals surface area contributed by atoms with E-state index in [0.717, 1.165) is 0 Å². The molecule has 1 aliphatic carbocycles. The van der Waals surface area contributed by atoms with Gasteiger partial charge in [0.25, 0.3) is 0 Å². The van der Waals surface area contributed by atoms with Crippen molar-refractivity contribution in [1.29, 1.82) is 0 Å². The lowest BCUT2D eigenvalue weighted by molar-refractivity contribution is 1.02. The Hall–Kier alpha value is -0.520. The van der Waals surface area contributed by atoms with Crippen LogP contribution in [-0.4, -0.2) is 0 Å². The van der Waals surface area contributed by atoms with E-state index in [-0.39, 0.29) is 0 Å². The van der Waals surface area contributed by atoms with Crippen LogP contribution in [0.4, 0.5) is 0 Å². The lowest BCUT2D eigenvalue weighted by Crippen LogP contribution is -1.76. The summed E-state index contributed by atoms with van der Waals surface area (Å²) in [6.45, 7) is 6.38. The van der Waals surface area contributed by atoms with E-state index in [4.69, 9.17) is 0 Å². The van der Waals surface area contributed by atoms with Gasteiger partial charge in [-0.05, 0) is 19.8 Å². The lowest BCUT2D eigenvalue weighted by Gasteiger charge is -1.96. The number of allylic oxidation sites excluding steroid dienone is 4. The quantitative estimate of drug-likeness (QED) is 0.479. The molecule has 1 rings (SSSR count). The Kier molecular flexibility index (Phi) is 6.25. The summed E-state index contributed by atoms with van der Waals surface area (Å²) in [5, 5.41) is 0. The van der Waals surface area contributed by atoms with Crippen molar-refractivity contribution in [1.82, 2.24) is 0 Å². The summed E-state index contributed by atoms with van der Waals surface area (Å²) in [7, 11) is 0. The highest BCUT2D eigenvalue weighted by Crippen LogP contribution is 2.06. The maximum Gasteiger partial charge on any atom is -0.0310 e. The minimum atomic E-state index is 1.23. The smallest absolute Gasteiger partial charge is 0.0310 e. The minimum absolute atomic E-state index is 1.23. The number of hydrogen-bond donors (Lipinski definition) is 0. The van der Waals surface area contributed by atoms with Crippen LogP contribution >= 0.6 is 0 Å². The Morgan fingerprint density at radius 2 is 1.90 bits per heavy atom. The van der Waals surface area contributed by atoms with Gasteiger partial charge in [-0.25, -0.2) is 0 Å². The van der Waals surface area contributed by atoms with Gasteiger partial charge in [0.1, 0.15) is 0 Å². The Labute approximate surface area is 64.6 Å². The zero-order valence-corrected chi connectivity index (χ0v) is 7.35. The molecule has 0 aromatic carbocycles. The van der Waals surface area contributed by atoms with Gasteiger partial charge in [-0.3, -0.25) is 0 Å². The zero-order chi connectivity index (χ0) is 7.82. The lowest BCUT2D eigenvalue weighted by atomic mass is 10.1. The molecular formula is C10H18. The van der Waals surface area contributed by atoms with E-state index in [1.165, 1.54) is 24.8 Å². The molecule has 0 atom stereocenters. The van der Waals surface area contributed by atoms with Crippen LogP contribution in [-0.2, 0) is 0 Å². The summed E-state index contributed by atoms with van der Waals surface area (Å²) < 4.78 is 0. The van der Waals surface area contributed by atoms with E-state index in [1.807, 2.05) is 0 Å². The van der Waals surface area contributed by atoms with Crippen molar-refractivity contribution in [2.75, 3.05) is 0 Å². The van der Waals surface area contributed by atoms with E-state index in [1.54, 1.807) is 0 Å². The van der Waals surface area contributed by atoms with Crippen LogP contribution in [0.2, 0.25) is 0 Å². The molecule has 0 N–H and O–H groups in total. The molecule has 0 heterocycles. The minimum Gasteiger partial charge on any atom is -0.0840 e. The maximum atomic E-state index is 2.26. The van der Waals surface area contributed by atoms with Crippen molar-refractivity contribution in [3.8, 4) is 0 Å². The van der Waals surface area contributed by atoms with Gasteiger partial charge in [-0.1, -0.05) is 44.1 Å². The summed E-state index contributed by atoms with van der Waals surface area (Å²) in [5.74, 6) is 0. The molecular weight excluding hydrogens is 120 g/mol. The number of hydrogen-bond acceptors (Lipinski definition) is 0. The molecule has 0 aliphatic heterocycles. The van der Waals surface area contributed by atoms with Gasteiger partial charge in [0.05, 0.1) is 0 Å². The van der Waals surface area contributed by atoms with Gasteiger partial charge in [0.15, 0.2) is 0 Å². The zero-order valence-electron chi connectivity index (χ0n) is 7.35. The average Bonchev–Trinajstić information content (AvgIpc) is 1.91. The molecule has 0 amide bonds. The molecule has 10 heavy (non-hydrogen) atoms. The topological polar surface area (TPSA) is 0 Å². The molecule has 0 fully saturated rings. The van der Waals surface area contributed by atoms with Crippen LogP contribution in [0.25, 0.3) is 0 Å². The van der Waals surface area contributed by atoms with E-state index in [0.29, 0.717) is 0 Å². The van der Waals surface area contributed by atoms with Crippen LogP contribution in [0, 0.1) is 0 Å². The molecule has 0 aromatic rings. The van der Waals surface area contributed by atoms with E-state index >= 15 is 0 Å². The molecule has 0 aromatic heterocycles. The normalized spacial score (nSPS) is 15.3. The summed E-state index contributed by atoms with van der Waals surface area (Å²) in [6.07, 6.45) is 10.4. The first-order valence-electron chi connectivity index (χ1n) is 4.14. The molecule has 0 bridgehead atoms. The van der Waals surface area contributed by atoms with Crippen molar-refractivity contribution in [2.45, 2.75) is 40.0 Å². The summed E-state index contributed by atoms with van der Waals surface area (Å²) in [5.41, 5.74) is 1.41. The average molecular weight is 138 g/mol. The van der Waals surface area contributed by atoms with Gasteiger partial charge >= 0.3 is 0 Å². The van der Waals surface area contributed by atoms with Crippen molar-refractivity contribution >= 4 is 0 Å². The molecule has 0 saturated heterocycles. The molecule has 0 unspecified atom stereocenters. The molecule has 0 saturated carbocycles. The van der Waals surface area contributed by atoms with Crippen molar-refractivity contribution < 1.29 is 0 Å². The highest BCUT2D eigenvalue weighted by molar-refractivity contribution is 5.18. The Balaban J connectivity index is 0.000000236. The fourth-order valence-electron chi connectivity index (χ4n) is 0.744. The Bertz CT molecular complexity index is 118. The standard InChI is InChI=1S/C7H10.C3H8/c1-7-5-3-2-4-6-7;1-3-2/h3,5-6H,2,4H2,1H3;3H2,1-2H3. The van der Waals surface area contributed by atoms with Gasteiger partial charge in [0, 0.05) is 0 Å². The molecule has 0 nitrogen and oxygen atoms in total. The highest BCUT2D eigenvalue weighted by atomic mass is 13.9. The molecule has 0 spiro atoms. The van der Waals surface area contributed by atoms with E-state index in [9.17, 15) is 0 Å². The molecule has 0 radical (unpaired) electrons. The van der Waals surface area contributed by atoms with E-state index < -0.39 is 0 Å². The van der Waals surface area contributed by atoms with Crippen LogP contribution in [0.5, 0.6) is 0 Å². The second-order valence-corrected chi connectivity index (χ2v) is 2.63. The van der Waals surface area contributed by atoms with E-state index in [2.05, 4.69) is 39.0 Å². The Morgan fingerprint density at radius 3 is 2.10 bits per heavy atom. The van der Waals surface area contributed by atoms with Gasteiger partial charge in [-0.15, -0.1) is 0 Å².